The first-order valence-electron chi connectivity index (χ1n) is 16.1. The minimum Gasteiger partial charge on any atom is -0.619 e. The van der Waals surface area contributed by atoms with E-state index in [0.29, 0.717) is 49.6 Å². The molecule has 2 bridgehead atoms. The van der Waals surface area contributed by atoms with Crippen LogP contribution in [0.15, 0.2) is 67.0 Å². The molecule has 4 aromatic rings. The van der Waals surface area contributed by atoms with Crippen molar-refractivity contribution >= 4 is 46.5 Å². The third-order valence-corrected chi connectivity index (χ3v) is 10.9. The van der Waals surface area contributed by atoms with Crippen molar-refractivity contribution in [2.24, 2.45) is 5.92 Å². The number of carbonyl (C=O) groups is 2. The Bertz CT molecular complexity index is 1830. The molecule has 0 aliphatic carbocycles. The predicted molar refractivity (Wildman–Crippen MR) is 186 cm³/mol. The van der Waals surface area contributed by atoms with E-state index < -0.39 is 29.9 Å². The molecular weight excluding hydrogens is 708 g/mol. The fourth-order valence-corrected chi connectivity index (χ4v) is 7.90. The maximum absolute atomic E-state index is 15.0. The Morgan fingerprint density at radius 1 is 1.04 bits per heavy atom. The monoisotopic (exact) mass is 743 g/mol. The molecule has 14 heteroatoms. The van der Waals surface area contributed by atoms with E-state index in [1.807, 2.05) is 0 Å². The van der Waals surface area contributed by atoms with E-state index in [2.05, 4.69) is 10.2 Å². The highest BCUT2D eigenvalue weighted by Crippen LogP contribution is 2.36. The summed E-state index contributed by atoms with van der Waals surface area (Å²) >= 11 is 13.9. The zero-order valence-electron chi connectivity index (χ0n) is 27.4. The summed E-state index contributed by atoms with van der Waals surface area (Å²) in [6.45, 7) is 2.85. The molecule has 0 amide bonds. The molecule has 5 heterocycles. The number of nitrogens with zero attached hydrogens (tertiary/aromatic N) is 2. The predicted octanol–water partition coefficient (Wildman–Crippen LogP) is 6.45. The summed E-state index contributed by atoms with van der Waals surface area (Å²) in [5.74, 6) is -0.456. The number of hydrogen-bond donors (Lipinski definition) is 1. The van der Waals surface area contributed by atoms with Gasteiger partial charge in [-0.05, 0) is 67.7 Å². The minimum absolute atomic E-state index is 0.0611. The lowest BCUT2D eigenvalue weighted by molar-refractivity contribution is -0.605. The summed E-state index contributed by atoms with van der Waals surface area (Å²) in [4.78, 5) is 30.4. The van der Waals surface area contributed by atoms with E-state index in [1.54, 1.807) is 48.5 Å². The van der Waals surface area contributed by atoms with Gasteiger partial charge < -0.3 is 24.2 Å². The molecule has 1 unspecified atom stereocenters. The topological polar surface area (TPSA) is 113 Å². The minimum atomic E-state index is -1.05. The summed E-state index contributed by atoms with van der Waals surface area (Å²) in [5, 5.41) is 15.3. The molecule has 50 heavy (non-hydrogen) atoms. The molecule has 3 saturated heterocycles. The van der Waals surface area contributed by atoms with Gasteiger partial charge in [0.1, 0.15) is 39.0 Å². The van der Waals surface area contributed by atoms with Gasteiger partial charge in [-0.2, -0.15) is 4.73 Å². The van der Waals surface area contributed by atoms with Crippen LogP contribution >= 0.6 is 34.5 Å². The van der Waals surface area contributed by atoms with Gasteiger partial charge in [0.15, 0.2) is 23.9 Å². The zero-order chi connectivity index (χ0) is 35.4. The number of piperidine rings is 3. The Morgan fingerprint density at radius 3 is 2.42 bits per heavy atom. The Kier molecular flexibility index (Phi) is 11.4. The molecule has 10 nitrogen and oxygen atoms in total. The number of rotatable bonds is 13. The molecule has 0 radical (unpaired) electrons. The number of benzene rings is 2. The number of nitrogens with one attached hydrogen (secondary N) is 1. The highest BCUT2D eigenvalue weighted by Gasteiger charge is 2.38. The van der Waals surface area contributed by atoms with Crippen molar-refractivity contribution in [1.82, 2.24) is 10.2 Å². The van der Waals surface area contributed by atoms with Crippen LogP contribution < -0.4 is 19.5 Å². The lowest BCUT2D eigenvalue weighted by Crippen LogP contribution is -2.52. The number of thiophene rings is 1. The van der Waals surface area contributed by atoms with Crippen LogP contribution in [0.4, 0.5) is 4.39 Å². The normalized spacial score (nSPS) is 19.4. The van der Waals surface area contributed by atoms with Crippen molar-refractivity contribution in [3.63, 3.8) is 0 Å². The molecule has 3 aliphatic heterocycles. The maximum Gasteiger partial charge on any atom is 0.348 e. The molecule has 0 saturated carbocycles. The average Bonchev–Trinajstić information content (AvgIpc) is 3.59. The molecule has 7 rings (SSSR count). The van der Waals surface area contributed by atoms with Crippen molar-refractivity contribution < 1.29 is 37.7 Å². The highest BCUT2D eigenvalue weighted by molar-refractivity contribution is 7.13. The van der Waals surface area contributed by atoms with Gasteiger partial charge in [-0.1, -0.05) is 47.5 Å². The molecule has 264 valence electrons. The van der Waals surface area contributed by atoms with Gasteiger partial charge in [-0.3, -0.25) is 10.2 Å². The van der Waals surface area contributed by atoms with E-state index in [-0.39, 0.29) is 34.7 Å². The van der Waals surface area contributed by atoms with Crippen molar-refractivity contribution in [1.29, 1.82) is 0 Å². The van der Waals surface area contributed by atoms with Crippen molar-refractivity contribution in [3.05, 3.63) is 115 Å². The first-order valence-corrected chi connectivity index (χ1v) is 17.7. The number of halogens is 3. The molecular formula is C36H36Cl2FN3O7S. The molecule has 1 N–H and O–H groups in total. The summed E-state index contributed by atoms with van der Waals surface area (Å²) in [5.41, 5.74) is 1.19. The van der Waals surface area contributed by atoms with Crippen molar-refractivity contribution in [3.8, 4) is 11.5 Å². The Balaban J connectivity index is 1.19. The van der Waals surface area contributed by atoms with Crippen LogP contribution in [0.25, 0.3) is 0 Å². The van der Waals surface area contributed by atoms with Crippen LogP contribution in [0.2, 0.25) is 10.0 Å². The second-order valence-electron chi connectivity index (χ2n) is 12.2. The van der Waals surface area contributed by atoms with Crippen LogP contribution in [0.5, 0.6) is 11.5 Å². The Labute approximate surface area is 303 Å². The number of carbonyl (C=O) groups excluding carboxylic acids is 2. The van der Waals surface area contributed by atoms with Gasteiger partial charge in [0, 0.05) is 35.5 Å². The smallest absolute Gasteiger partial charge is 0.348 e. The number of esters is 2. The zero-order valence-corrected chi connectivity index (χ0v) is 29.7. The lowest BCUT2D eigenvalue weighted by atomic mass is 9.86. The van der Waals surface area contributed by atoms with Crippen LogP contribution in [-0.2, 0) is 27.2 Å². The Morgan fingerprint density at radius 2 is 1.76 bits per heavy atom. The van der Waals surface area contributed by atoms with Crippen LogP contribution in [0.3, 0.4) is 0 Å². The standard InChI is InChI=1S/C36H36Cl2FN3O7S/c1-46-29-9-7-22(15-31(29)47-2)30(16-25-26(37)18-42(45)19-27(25)38)48-35(43)33-10-8-23(50-33)17-40-34(24-5-3-4-6-28(24)39)36(44)49-32-20-41-13-11-21(32)12-14-41/h3-10,15,18-19,21,30,32,34,40H,11-14,16-17,20H2,1-2H3/t30-,32-,34?/m0/s1. The lowest BCUT2D eigenvalue weighted by Gasteiger charge is -2.44. The van der Waals surface area contributed by atoms with Crippen LogP contribution in [0, 0.1) is 16.9 Å². The molecule has 2 aromatic heterocycles. The van der Waals surface area contributed by atoms with Gasteiger partial charge in [0.25, 0.3) is 0 Å². The van der Waals surface area contributed by atoms with Gasteiger partial charge in [-0.15, -0.1) is 11.3 Å². The summed E-state index contributed by atoms with van der Waals surface area (Å²) < 4.78 is 38.3. The quantitative estimate of drug-likeness (QED) is 0.0938. The van der Waals surface area contributed by atoms with E-state index in [0.717, 1.165) is 25.9 Å². The van der Waals surface area contributed by atoms with E-state index >= 15 is 0 Å². The maximum atomic E-state index is 15.0. The molecule has 3 fully saturated rings. The first kappa shape index (κ1) is 35.9. The van der Waals surface area contributed by atoms with E-state index in [4.69, 9.17) is 42.1 Å². The highest BCUT2D eigenvalue weighted by atomic mass is 35.5. The van der Waals surface area contributed by atoms with E-state index in [1.165, 1.54) is 44.0 Å². The number of methoxy groups -OCH3 is 2. The van der Waals surface area contributed by atoms with Gasteiger partial charge in [0.2, 0.25) is 0 Å². The number of hydrogen-bond acceptors (Lipinski definition) is 10. The fourth-order valence-electron chi connectivity index (χ4n) is 6.46. The first-order chi connectivity index (χ1) is 24.1. The second kappa shape index (κ2) is 15.9. The summed E-state index contributed by atoms with van der Waals surface area (Å²) in [7, 11) is 3.01. The van der Waals surface area contributed by atoms with Gasteiger partial charge in [0.05, 0.1) is 14.2 Å². The Hall–Kier alpha value is -3.94. The number of ether oxygens (including phenoxy) is 4. The number of fused-ring (bicyclic) bond motifs is 3. The number of pyridine rings is 1. The number of aromatic nitrogens is 1. The van der Waals surface area contributed by atoms with E-state index in [9.17, 15) is 19.2 Å². The molecule has 3 aliphatic rings. The summed E-state index contributed by atoms with van der Waals surface area (Å²) in [6, 6.07) is 13.6. The third kappa shape index (κ3) is 8.16. The second-order valence-corrected chi connectivity index (χ2v) is 14.2. The third-order valence-electron chi connectivity index (χ3n) is 9.13. The van der Waals surface area contributed by atoms with Gasteiger partial charge in [-0.25, -0.2) is 14.0 Å². The molecule has 2 aromatic carbocycles. The SMILES string of the molecule is COc1ccc([C@H](Cc2c(Cl)c[n+]([O-])cc2Cl)OC(=O)c2ccc(CNC(C(=O)O[C@H]3CN4CCC3CC4)c3ccccc3F)s2)cc1OC. The largest absolute Gasteiger partial charge is 0.619 e. The van der Waals surface area contributed by atoms with Crippen LogP contribution in [-0.4, -0.2) is 56.8 Å². The molecule has 3 atom stereocenters. The summed E-state index contributed by atoms with van der Waals surface area (Å²) in [6.07, 6.45) is 3.25. The molecule has 0 spiro atoms. The van der Waals surface area contributed by atoms with Gasteiger partial charge >= 0.3 is 11.9 Å². The van der Waals surface area contributed by atoms with Crippen molar-refractivity contribution in [2.75, 3.05) is 33.9 Å². The average molecular weight is 745 g/mol. The van der Waals surface area contributed by atoms with Crippen molar-refractivity contribution in [2.45, 2.75) is 44.1 Å². The van der Waals surface area contributed by atoms with Crippen LogP contribution in [0.1, 0.15) is 56.2 Å². The fraction of sp³-hybridized carbons (Fsp3) is 0.361.